The van der Waals surface area contributed by atoms with E-state index >= 15 is 0 Å². The van der Waals surface area contributed by atoms with E-state index in [0.717, 1.165) is 19.4 Å². The molecule has 4 heteroatoms. The lowest BCUT2D eigenvalue weighted by Gasteiger charge is -2.45. The van der Waals surface area contributed by atoms with E-state index in [-0.39, 0.29) is 17.1 Å². The van der Waals surface area contributed by atoms with Crippen LogP contribution in [-0.4, -0.2) is 37.1 Å². The minimum atomic E-state index is -0.460. The molecule has 0 amide bonds. The topological polar surface area (TPSA) is 15.3 Å². The number of halogens is 2. The van der Waals surface area contributed by atoms with Crippen LogP contribution in [0.25, 0.3) is 0 Å². The van der Waals surface area contributed by atoms with E-state index in [1.807, 2.05) is 21.0 Å². The van der Waals surface area contributed by atoms with Crippen LogP contribution in [0.4, 0.5) is 8.78 Å². The molecule has 0 radical (unpaired) electrons. The Kier molecular flexibility index (Phi) is 6.75. The molecule has 0 bridgehead atoms. The summed E-state index contributed by atoms with van der Waals surface area (Å²) in [5.41, 5.74) is 0.0571. The fourth-order valence-electron chi connectivity index (χ4n) is 3.32. The molecule has 1 N–H and O–H groups in total. The Hall–Kier alpha value is -1.00. The Labute approximate surface area is 127 Å². The molecule has 0 aliphatic carbocycles. The summed E-state index contributed by atoms with van der Waals surface area (Å²) in [6.07, 6.45) is 2.20. The minimum Gasteiger partial charge on any atom is -0.312 e. The van der Waals surface area contributed by atoms with Crippen molar-refractivity contribution < 1.29 is 8.78 Å². The summed E-state index contributed by atoms with van der Waals surface area (Å²) in [6, 6.07) is 4.07. The van der Waals surface area contributed by atoms with Crippen LogP contribution in [0.3, 0.4) is 0 Å². The van der Waals surface area contributed by atoms with Crippen molar-refractivity contribution in [3.8, 4) is 0 Å². The largest absolute Gasteiger partial charge is 0.312 e. The van der Waals surface area contributed by atoms with E-state index in [9.17, 15) is 8.78 Å². The van der Waals surface area contributed by atoms with Crippen molar-refractivity contribution >= 4 is 0 Å². The maximum Gasteiger partial charge on any atom is 0.129 e. The Balaban J connectivity index is 3.17. The fourth-order valence-corrected chi connectivity index (χ4v) is 3.32. The summed E-state index contributed by atoms with van der Waals surface area (Å²) in [6.45, 7) is 7.06. The Morgan fingerprint density at radius 3 is 2.00 bits per heavy atom. The SMILES string of the molecule is CCNC(Cc1c(F)cccc1F)C(CC)(CC)N(C)C. The van der Waals surface area contributed by atoms with Gasteiger partial charge in [-0.2, -0.15) is 0 Å². The van der Waals surface area contributed by atoms with Gasteiger partial charge in [-0.3, -0.25) is 0 Å². The van der Waals surface area contributed by atoms with Gasteiger partial charge in [-0.1, -0.05) is 26.8 Å². The van der Waals surface area contributed by atoms with Crippen molar-refractivity contribution in [1.29, 1.82) is 0 Å². The molecule has 1 atom stereocenters. The fraction of sp³-hybridized carbons (Fsp3) is 0.647. The molecule has 21 heavy (non-hydrogen) atoms. The average molecular weight is 298 g/mol. The molecule has 1 aromatic carbocycles. The molecule has 120 valence electrons. The van der Waals surface area contributed by atoms with Gasteiger partial charge in [0.25, 0.3) is 0 Å². The number of benzene rings is 1. The van der Waals surface area contributed by atoms with Crippen molar-refractivity contribution in [2.75, 3.05) is 20.6 Å². The van der Waals surface area contributed by atoms with E-state index in [1.165, 1.54) is 18.2 Å². The van der Waals surface area contributed by atoms with Gasteiger partial charge in [-0.15, -0.1) is 0 Å². The van der Waals surface area contributed by atoms with E-state index in [4.69, 9.17) is 0 Å². The van der Waals surface area contributed by atoms with Crippen molar-refractivity contribution in [2.45, 2.75) is 51.6 Å². The van der Waals surface area contributed by atoms with E-state index in [2.05, 4.69) is 24.1 Å². The zero-order valence-electron chi connectivity index (χ0n) is 13.8. The first-order chi connectivity index (χ1) is 9.92. The van der Waals surface area contributed by atoms with Crippen LogP contribution < -0.4 is 5.32 Å². The highest BCUT2D eigenvalue weighted by molar-refractivity contribution is 5.22. The standard InChI is InChI=1S/C17H28F2N2/c1-6-17(7-2,21(4)5)16(20-8-3)12-13-14(18)10-9-11-15(13)19/h9-11,16,20H,6-8,12H2,1-5H3. The van der Waals surface area contributed by atoms with Crippen LogP contribution >= 0.6 is 0 Å². The van der Waals surface area contributed by atoms with Gasteiger partial charge in [0, 0.05) is 17.1 Å². The second-order valence-electron chi connectivity index (χ2n) is 5.72. The third-order valence-electron chi connectivity index (χ3n) is 4.68. The second kappa shape index (κ2) is 7.85. The maximum absolute atomic E-state index is 14.0. The summed E-state index contributed by atoms with van der Waals surface area (Å²) in [5.74, 6) is -0.921. The maximum atomic E-state index is 14.0. The molecule has 1 rings (SSSR count). The molecule has 1 unspecified atom stereocenters. The molecule has 2 nitrogen and oxygen atoms in total. The molecular formula is C17H28F2N2. The summed E-state index contributed by atoms with van der Waals surface area (Å²) in [4.78, 5) is 2.18. The Morgan fingerprint density at radius 2 is 1.62 bits per heavy atom. The molecule has 0 spiro atoms. The van der Waals surface area contributed by atoms with Gasteiger partial charge in [-0.05, 0) is 52.0 Å². The number of hydrogen-bond acceptors (Lipinski definition) is 2. The minimum absolute atomic E-state index is 0.00102. The molecular weight excluding hydrogens is 270 g/mol. The molecule has 1 aromatic rings. The third kappa shape index (κ3) is 3.80. The van der Waals surface area contributed by atoms with Gasteiger partial charge < -0.3 is 10.2 Å². The molecule has 0 saturated carbocycles. The van der Waals surface area contributed by atoms with Gasteiger partial charge in [0.15, 0.2) is 0 Å². The third-order valence-corrected chi connectivity index (χ3v) is 4.68. The molecule has 0 aromatic heterocycles. The number of likely N-dealkylation sites (N-methyl/N-ethyl adjacent to an activating group) is 2. The first-order valence-corrected chi connectivity index (χ1v) is 7.76. The van der Waals surface area contributed by atoms with Crippen molar-refractivity contribution in [1.82, 2.24) is 10.2 Å². The highest BCUT2D eigenvalue weighted by atomic mass is 19.1. The molecule has 0 heterocycles. The lowest BCUT2D eigenvalue weighted by atomic mass is 9.80. The molecule has 0 saturated heterocycles. The summed E-state index contributed by atoms with van der Waals surface area (Å²) in [7, 11) is 4.07. The van der Waals surface area contributed by atoms with Crippen LogP contribution in [0.1, 0.15) is 39.2 Å². The Morgan fingerprint density at radius 1 is 1.10 bits per heavy atom. The van der Waals surface area contributed by atoms with Gasteiger partial charge in [-0.25, -0.2) is 8.78 Å². The first-order valence-electron chi connectivity index (χ1n) is 7.76. The highest BCUT2D eigenvalue weighted by Gasteiger charge is 2.38. The predicted molar refractivity (Wildman–Crippen MR) is 84.5 cm³/mol. The molecule has 0 fully saturated rings. The van der Waals surface area contributed by atoms with Crippen LogP contribution in [-0.2, 0) is 6.42 Å². The first kappa shape index (κ1) is 18.1. The van der Waals surface area contributed by atoms with Crippen LogP contribution in [0, 0.1) is 11.6 Å². The summed E-state index contributed by atoms with van der Waals surface area (Å²) < 4.78 is 27.9. The van der Waals surface area contributed by atoms with Gasteiger partial charge in [0.1, 0.15) is 11.6 Å². The average Bonchev–Trinajstić information content (AvgIpc) is 2.44. The lowest BCUT2D eigenvalue weighted by Crippen LogP contribution is -2.59. The monoisotopic (exact) mass is 298 g/mol. The smallest absolute Gasteiger partial charge is 0.129 e. The summed E-state index contributed by atoms with van der Waals surface area (Å²) >= 11 is 0. The number of nitrogens with one attached hydrogen (secondary N) is 1. The quantitative estimate of drug-likeness (QED) is 0.789. The van der Waals surface area contributed by atoms with E-state index < -0.39 is 11.6 Å². The van der Waals surface area contributed by atoms with Gasteiger partial charge in [0.05, 0.1) is 0 Å². The zero-order chi connectivity index (χ0) is 16.0. The normalized spacial score (nSPS) is 13.7. The zero-order valence-corrected chi connectivity index (χ0v) is 13.8. The van der Waals surface area contributed by atoms with Crippen LogP contribution in [0.15, 0.2) is 18.2 Å². The van der Waals surface area contributed by atoms with Crippen LogP contribution in [0.2, 0.25) is 0 Å². The predicted octanol–water partition coefficient (Wildman–Crippen LogP) is 3.61. The van der Waals surface area contributed by atoms with Gasteiger partial charge in [0.2, 0.25) is 0 Å². The summed E-state index contributed by atoms with van der Waals surface area (Å²) in [5, 5.41) is 3.43. The lowest BCUT2D eigenvalue weighted by molar-refractivity contribution is 0.0881. The molecule has 0 aliphatic rings. The Bertz CT molecular complexity index is 422. The number of rotatable bonds is 8. The second-order valence-corrected chi connectivity index (χ2v) is 5.72. The van der Waals surface area contributed by atoms with Crippen molar-refractivity contribution in [2.24, 2.45) is 0 Å². The van der Waals surface area contributed by atoms with Crippen molar-refractivity contribution in [3.63, 3.8) is 0 Å². The van der Waals surface area contributed by atoms with Gasteiger partial charge >= 0.3 is 0 Å². The number of hydrogen-bond donors (Lipinski definition) is 1. The molecule has 0 aliphatic heterocycles. The van der Waals surface area contributed by atoms with E-state index in [0.29, 0.717) is 6.42 Å². The van der Waals surface area contributed by atoms with Crippen LogP contribution in [0.5, 0.6) is 0 Å². The number of nitrogens with zero attached hydrogens (tertiary/aromatic N) is 1. The van der Waals surface area contributed by atoms with Crippen molar-refractivity contribution in [3.05, 3.63) is 35.4 Å². The van der Waals surface area contributed by atoms with E-state index in [1.54, 1.807) is 0 Å². The highest BCUT2D eigenvalue weighted by Crippen LogP contribution is 2.29.